The minimum Gasteiger partial charge on any atom is -0.487 e. The third-order valence-corrected chi connectivity index (χ3v) is 7.29. The summed E-state index contributed by atoms with van der Waals surface area (Å²) >= 11 is 1.66. The fraction of sp³-hybridized carbons (Fsp3) is 0.226. The molecule has 8 heteroatoms. The van der Waals surface area contributed by atoms with Crippen LogP contribution in [0.2, 0.25) is 0 Å². The predicted octanol–water partition coefficient (Wildman–Crippen LogP) is 7.80. The Kier molecular flexibility index (Phi) is 9.19. The molecule has 0 unspecified atom stereocenters. The highest BCUT2D eigenvalue weighted by Gasteiger charge is 2.35. The van der Waals surface area contributed by atoms with Crippen LogP contribution >= 0.6 is 11.3 Å². The SMILES string of the molecule is CCc1sc(-c2ccccc2)nc1COc1ccc(C[C@H](C)N/C(=C\C(=O)c2ccccc2)C(F)(F)F)cc1. The van der Waals surface area contributed by atoms with Crippen molar-refractivity contribution < 1.29 is 22.7 Å². The number of halogens is 3. The number of benzene rings is 3. The third kappa shape index (κ3) is 7.80. The van der Waals surface area contributed by atoms with Gasteiger partial charge in [0.2, 0.25) is 0 Å². The van der Waals surface area contributed by atoms with Crippen LogP contribution in [0.25, 0.3) is 10.6 Å². The van der Waals surface area contributed by atoms with Crippen LogP contribution in [0.3, 0.4) is 0 Å². The Bertz CT molecular complexity index is 1400. The van der Waals surface area contributed by atoms with E-state index in [9.17, 15) is 18.0 Å². The zero-order valence-electron chi connectivity index (χ0n) is 21.7. The van der Waals surface area contributed by atoms with Gasteiger partial charge in [0.25, 0.3) is 0 Å². The van der Waals surface area contributed by atoms with Gasteiger partial charge in [-0.3, -0.25) is 4.79 Å². The summed E-state index contributed by atoms with van der Waals surface area (Å²) in [5.74, 6) is -0.0497. The van der Waals surface area contributed by atoms with E-state index in [4.69, 9.17) is 9.72 Å². The lowest BCUT2D eigenvalue weighted by atomic mass is 10.1. The maximum atomic E-state index is 13.6. The molecule has 1 heterocycles. The summed E-state index contributed by atoms with van der Waals surface area (Å²) in [6.45, 7) is 4.07. The normalized spacial score (nSPS) is 12.7. The van der Waals surface area contributed by atoms with Crippen LogP contribution in [0.5, 0.6) is 5.75 Å². The summed E-state index contributed by atoms with van der Waals surface area (Å²) in [6, 6.07) is 24.6. The van der Waals surface area contributed by atoms with E-state index in [1.54, 1.807) is 48.6 Å². The number of nitrogens with one attached hydrogen (secondary N) is 1. The molecule has 0 saturated carbocycles. The first-order valence-electron chi connectivity index (χ1n) is 12.6. The number of hydrogen-bond acceptors (Lipinski definition) is 5. The van der Waals surface area contributed by atoms with E-state index >= 15 is 0 Å². The van der Waals surface area contributed by atoms with Crippen molar-refractivity contribution in [2.24, 2.45) is 0 Å². The number of thiazole rings is 1. The number of allylic oxidation sites excluding steroid dienone is 2. The van der Waals surface area contributed by atoms with Gasteiger partial charge in [0.05, 0.1) is 5.69 Å². The van der Waals surface area contributed by atoms with Crippen molar-refractivity contribution in [3.8, 4) is 16.3 Å². The first kappa shape index (κ1) is 28.1. The van der Waals surface area contributed by atoms with Gasteiger partial charge in [0.15, 0.2) is 5.78 Å². The smallest absolute Gasteiger partial charge is 0.431 e. The molecule has 0 aliphatic rings. The largest absolute Gasteiger partial charge is 0.487 e. The molecule has 0 fully saturated rings. The van der Waals surface area contributed by atoms with Crippen LogP contribution in [0.1, 0.15) is 40.3 Å². The first-order chi connectivity index (χ1) is 18.7. The van der Waals surface area contributed by atoms with E-state index in [1.165, 1.54) is 17.0 Å². The summed E-state index contributed by atoms with van der Waals surface area (Å²) in [5.41, 5.74) is 1.95. The Hall–Kier alpha value is -3.91. The summed E-state index contributed by atoms with van der Waals surface area (Å²) in [5, 5.41) is 3.43. The molecule has 0 saturated heterocycles. The number of hydrogen-bond donors (Lipinski definition) is 1. The van der Waals surface area contributed by atoms with Crippen LogP contribution in [-0.2, 0) is 19.4 Å². The third-order valence-electron chi connectivity index (χ3n) is 6.00. The highest BCUT2D eigenvalue weighted by Crippen LogP contribution is 2.29. The van der Waals surface area contributed by atoms with Gasteiger partial charge in [-0.15, -0.1) is 11.3 Å². The van der Waals surface area contributed by atoms with E-state index in [1.807, 2.05) is 42.5 Å². The fourth-order valence-electron chi connectivity index (χ4n) is 4.04. The molecule has 4 aromatic rings. The molecule has 202 valence electrons. The quantitative estimate of drug-likeness (QED) is 0.153. The van der Waals surface area contributed by atoms with Crippen molar-refractivity contribution in [1.82, 2.24) is 10.3 Å². The van der Waals surface area contributed by atoms with E-state index in [-0.39, 0.29) is 5.56 Å². The van der Waals surface area contributed by atoms with E-state index < -0.39 is 23.7 Å². The molecule has 1 N–H and O–H groups in total. The number of aryl methyl sites for hydroxylation is 1. The van der Waals surface area contributed by atoms with Gasteiger partial charge < -0.3 is 10.1 Å². The second-order valence-corrected chi connectivity index (χ2v) is 10.2. The number of nitrogens with zero attached hydrogens (tertiary/aromatic N) is 1. The number of ketones is 1. The Morgan fingerprint density at radius 1 is 1.00 bits per heavy atom. The van der Waals surface area contributed by atoms with Gasteiger partial charge in [-0.1, -0.05) is 79.7 Å². The second-order valence-electron chi connectivity index (χ2n) is 9.08. The molecule has 0 aliphatic heterocycles. The molecule has 0 radical (unpaired) electrons. The summed E-state index contributed by atoms with van der Waals surface area (Å²) < 4.78 is 46.8. The average Bonchev–Trinajstić information content (AvgIpc) is 3.36. The molecular weight excluding hydrogens is 521 g/mol. The lowest BCUT2D eigenvalue weighted by molar-refractivity contribution is -0.0977. The van der Waals surface area contributed by atoms with Gasteiger partial charge in [0, 0.05) is 28.1 Å². The van der Waals surface area contributed by atoms with Crippen molar-refractivity contribution in [3.63, 3.8) is 0 Å². The highest BCUT2D eigenvalue weighted by molar-refractivity contribution is 7.15. The lowest BCUT2D eigenvalue weighted by Crippen LogP contribution is -2.35. The molecule has 0 amide bonds. The van der Waals surface area contributed by atoms with Crippen molar-refractivity contribution >= 4 is 17.1 Å². The highest BCUT2D eigenvalue weighted by atomic mass is 32.1. The second kappa shape index (κ2) is 12.8. The van der Waals surface area contributed by atoms with Crippen LogP contribution in [0.15, 0.2) is 96.7 Å². The molecule has 3 aromatic carbocycles. The maximum Gasteiger partial charge on any atom is 0.431 e. The number of carbonyl (C=O) groups is 1. The number of ether oxygens (including phenoxy) is 1. The molecular formula is C31H29F3N2O2S. The number of alkyl halides is 3. The molecule has 1 atom stereocenters. The Labute approximate surface area is 230 Å². The fourth-order valence-corrected chi connectivity index (χ4v) is 5.05. The minimum atomic E-state index is -4.68. The zero-order chi connectivity index (χ0) is 27.8. The van der Waals surface area contributed by atoms with Crippen molar-refractivity contribution in [3.05, 3.63) is 118 Å². The average molecular weight is 551 g/mol. The number of aromatic nitrogens is 1. The van der Waals surface area contributed by atoms with Gasteiger partial charge in [-0.05, 0) is 37.5 Å². The van der Waals surface area contributed by atoms with E-state index in [2.05, 4.69) is 12.2 Å². The van der Waals surface area contributed by atoms with E-state index in [0.29, 0.717) is 24.9 Å². The van der Waals surface area contributed by atoms with Gasteiger partial charge in [0.1, 0.15) is 23.1 Å². The zero-order valence-corrected chi connectivity index (χ0v) is 22.5. The van der Waals surface area contributed by atoms with Gasteiger partial charge in [-0.2, -0.15) is 13.2 Å². The summed E-state index contributed by atoms with van der Waals surface area (Å²) in [7, 11) is 0. The van der Waals surface area contributed by atoms with Crippen molar-refractivity contribution in [2.45, 2.75) is 45.5 Å². The molecule has 39 heavy (non-hydrogen) atoms. The summed E-state index contributed by atoms with van der Waals surface area (Å²) in [4.78, 5) is 18.3. The molecule has 4 rings (SSSR count). The molecule has 1 aromatic heterocycles. The number of rotatable bonds is 11. The first-order valence-corrected chi connectivity index (χ1v) is 13.4. The number of carbonyl (C=O) groups excluding carboxylic acids is 1. The minimum absolute atomic E-state index is 0.198. The molecule has 0 aliphatic carbocycles. The van der Waals surface area contributed by atoms with Gasteiger partial charge >= 0.3 is 6.18 Å². The van der Waals surface area contributed by atoms with Crippen LogP contribution in [0.4, 0.5) is 13.2 Å². The summed E-state index contributed by atoms with van der Waals surface area (Å²) in [6.07, 6.45) is -2.86. The molecule has 0 bridgehead atoms. The Balaban J connectivity index is 1.36. The van der Waals surface area contributed by atoms with E-state index in [0.717, 1.165) is 28.2 Å². The lowest BCUT2D eigenvalue weighted by Gasteiger charge is -2.20. The predicted molar refractivity (Wildman–Crippen MR) is 149 cm³/mol. The standard InChI is InChI=1S/C31H29F3N2O2S/c1-3-28-26(36-30(39-28)24-12-8-5-9-13-24)20-38-25-16-14-22(15-17-25)18-21(2)35-29(31(32,33)34)19-27(37)23-10-6-4-7-11-23/h4-17,19,21,35H,3,18,20H2,1-2H3/b29-19-/t21-/m0/s1. The Morgan fingerprint density at radius 3 is 2.26 bits per heavy atom. The van der Waals surface area contributed by atoms with Gasteiger partial charge in [-0.25, -0.2) is 4.98 Å². The van der Waals surface area contributed by atoms with Crippen LogP contribution in [0, 0.1) is 0 Å². The van der Waals surface area contributed by atoms with Crippen molar-refractivity contribution in [1.29, 1.82) is 0 Å². The topological polar surface area (TPSA) is 51.2 Å². The molecule has 4 nitrogen and oxygen atoms in total. The Morgan fingerprint density at radius 2 is 1.64 bits per heavy atom. The molecule has 0 spiro atoms. The van der Waals surface area contributed by atoms with Crippen LogP contribution < -0.4 is 10.1 Å². The monoisotopic (exact) mass is 550 g/mol. The maximum absolute atomic E-state index is 13.6. The van der Waals surface area contributed by atoms with Crippen LogP contribution in [-0.4, -0.2) is 23.0 Å². The van der Waals surface area contributed by atoms with Crippen molar-refractivity contribution in [2.75, 3.05) is 0 Å².